The number of aromatic nitrogens is 1. The zero-order chi connectivity index (χ0) is 18.5. The van der Waals surface area contributed by atoms with Crippen molar-refractivity contribution in [2.24, 2.45) is 17.8 Å². The Bertz CT molecular complexity index is 605. The number of hydrogen-bond acceptors (Lipinski definition) is 5. The van der Waals surface area contributed by atoms with Crippen molar-refractivity contribution in [1.82, 2.24) is 20.1 Å². The van der Waals surface area contributed by atoms with Gasteiger partial charge < -0.3 is 15.0 Å². The molecule has 2 saturated heterocycles. The van der Waals surface area contributed by atoms with E-state index in [4.69, 9.17) is 4.74 Å². The second-order valence-corrected chi connectivity index (χ2v) is 8.17. The Labute approximate surface area is 162 Å². The van der Waals surface area contributed by atoms with Crippen LogP contribution >= 0.6 is 0 Å². The standard InChI is InChI=1S/C21H32N4O2/c26-21(23-7-4-18-3-1-2-6-22-18)19-15-17-5-8-25(16-20(17)19)10-9-24-11-13-27-14-12-24/h1-3,6,17,19-20H,4-5,7-16H2,(H,23,26)/t17-,19-,20-/m1/s1. The summed E-state index contributed by atoms with van der Waals surface area (Å²) < 4.78 is 5.43. The first-order valence-corrected chi connectivity index (χ1v) is 10.5. The number of hydrogen-bond donors (Lipinski definition) is 1. The van der Waals surface area contributed by atoms with Gasteiger partial charge in [0.05, 0.1) is 13.2 Å². The van der Waals surface area contributed by atoms with Crippen LogP contribution in [0.2, 0.25) is 0 Å². The maximum absolute atomic E-state index is 12.6. The summed E-state index contributed by atoms with van der Waals surface area (Å²) in [6.07, 6.45) is 4.95. The zero-order valence-corrected chi connectivity index (χ0v) is 16.2. The largest absolute Gasteiger partial charge is 0.379 e. The van der Waals surface area contributed by atoms with Gasteiger partial charge in [0.25, 0.3) is 0 Å². The molecule has 1 aromatic heterocycles. The first-order chi connectivity index (χ1) is 13.3. The summed E-state index contributed by atoms with van der Waals surface area (Å²) in [4.78, 5) is 22.0. The van der Waals surface area contributed by atoms with Crippen LogP contribution in [0.3, 0.4) is 0 Å². The molecule has 2 aliphatic heterocycles. The summed E-state index contributed by atoms with van der Waals surface area (Å²) in [5.74, 6) is 1.78. The van der Waals surface area contributed by atoms with Gasteiger partial charge in [0, 0.05) is 63.5 Å². The Balaban J connectivity index is 1.18. The highest BCUT2D eigenvalue weighted by Crippen LogP contribution is 2.45. The Hall–Kier alpha value is -1.50. The van der Waals surface area contributed by atoms with Crippen molar-refractivity contribution < 1.29 is 9.53 Å². The Kier molecular flexibility index (Phi) is 6.37. The first-order valence-electron chi connectivity index (χ1n) is 10.5. The number of fused-ring (bicyclic) bond motifs is 1. The van der Waals surface area contributed by atoms with Crippen molar-refractivity contribution in [3.8, 4) is 0 Å². The van der Waals surface area contributed by atoms with E-state index >= 15 is 0 Å². The lowest BCUT2D eigenvalue weighted by Gasteiger charge is -2.50. The Morgan fingerprint density at radius 2 is 2.04 bits per heavy atom. The van der Waals surface area contributed by atoms with Gasteiger partial charge >= 0.3 is 0 Å². The highest BCUT2D eigenvalue weighted by atomic mass is 16.5. The third-order valence-corrected chi connectivity index (χ3v) is 6.54. The number of amides is 1. The monoisotopic (exact) mass is 372 g/mol. The van der Waals surface area contributed by atoms with E-state index in [1.807, 2.05) is 18.2 Å². The first kappa shape index (κ1) is 18.8. The van der Waals surface area contributed by atoms with Gasteiger partial charge in [-0.2, -0.15) is 0 Å². The molecule has 3 fully saturated rings. The van der Waals surface area contributed by atoms with Crippen LogP contribution in [0.25, 0.3) is 0 Å². The minimum absolute atomic E-state index is 0.213. The summed E-state index contributed by atoms with van der Waals surface area (Å²) in [5.41, 5.74) is 1.04. The molecule has 1 saturated carbocycles. The van der Waals surface area contributed by atoms with Gasteiger partial charge in [-0.05, 0) is 43.4 Å². The van der Waals surface area contributed by atoms with Crippen LogP contribution in [0.1, 0.15) is 18.5 Å². The van der Waals surface area contributed by atoms with E-state index in [0.717, 1.165) is 70.4 Å². The van der Waals surface area contributed by atoms with Crippen molar-refractivity contribution in [2.45, 2.75) is 19.3 Å². The summed E-state index contributed by atoms with van der Waals surface area (Å²) in [6, 6.07) is 5.93. The average molecular weight is 373 g/mol. The lowest BCUT2D eigenvalue weighted by atomic mass is 9.61. The Morgan fingerprint density at radius 1 is 1.19 bits per heavy atom. The van der Waals surface area contributed by atoms with Crippen molar-refractivity contribution in [3.05, 3.63) is 30.1 Å². The number of piperidine rings is 1. The zero-order valence-electron chi connectivity index (χ0n) is 16.2. The fourth-order valence-corrected chi connectivity index (χ4v) is 4.76. The molecule has 1 amide bonds. The minimum atomic E-state index is 0.213. The molecule has 1 aliphatic carbocycles. The molecular formula is C21H32N4O2. The van der Waals surface area contributed by atoms with Gasteiger partial charge in [0.15, 0.2) is 0 Å². The summed E-state index contributed by atoms with van der Waals surface area (Å²) in [7, 11) is 0. The van der Waals surface area contributed by atoms with Crippen LogP contribution in [0, 0.1) is 17.8 Å². The number of nitrogens with zero attached hydrogens (tertiary/aromatic N) is 3. The summed E-state index contributed by atoms with van der Waals surface area (Å²) in [6.45, 7) is 9.07. The van der Waals surface area contributed by atoms with Crippen LogP contribution in [0.15, 0.2) is 24.4 Å². The molecule has 0 spiro atoms. The third-order valence-electron chi connectivity index (χ3n) is 6.54. The molecule has 6 nitrogen and oxygen atoms in total. The maximum atomic E-state index is 12.6. The van der Waals surface area contributed by atoms with E-state index in [9.17, 15) is 4.79 Å². The molecule has 0 aromatic carbocycles. The van der Waals surface area contributed by atoms with Crippen molar-refractivity contribution in [3.63, 3.8) is 0 Å². The highest BCUT2D eigenvalue weighted by molar-refractivity contribution is 5.80. The Morgan fingerprint density at radius 3 is 2.85 bits per heavy atom. The minimum Gasteiger partial charge on any atom is -0.379 e. The molecule has 4 rings (SSSR count). The smallest absolute Gasteiger partial charge is 0.223 e. The number of pyridine rings is 1. The van der Waals surface area contributed by atoms with E-state index in [1.165, 1.54) is 13.0 Å². The number of nitrogens with one attached hydrogen (secondary N) is 1. The second-order valence-electron chi connectivity index (χ2n) is 8.17. The van der Waals surface area contributed by atoms with Crippen LogP contribution in [0.4, 0.5) is 0 Å². The van der Waals surface area contributed by atoms with Crippen LogP contribution in [-0.2, 0) is 16.0 Å². The van der Waals surface area contributed by atoms with Crippen molar-refractivity contribution in [2.75, 3.05) is 59.0 Å². The lowest BCUT2D eigenvalue weighted by molar-refractivity contribution is -0.136. The molecule has 6 heteroatoms. The molecule has 0 radical (unpaired) electrons. The van der Waals surface area contributed by atoms with E-state index in [-0.39, 0.29) is 11.8 Å². The fraction of sp³-hybridized carbons (Fsp3) is 0.714. The second kappa shape index (κ2) is 9.13. The van der Waals surface area contributed by atoms with E-state index in [0.29, 0.717) is 12.5 Å². The summed E-state index contributed by atoms with van der Waals surface area (Å²) in [5, 5.41) is 3.15. The number of carbonyl (C=O) groups is 1. The molecule has 1 aromatic rings. The van der Waals surface area contributed by atoms with E-state index in [1.54, 1.807) is 6.20 Å². The molecule has 0 unspecified atom stereocenters. The third kappa shape index (κ3) is 4.86. The molecule has 3 atom stereocenters. The molecule has 148 valence electrons. The van der Waals surface area contributed by atoms with Gasteiger partial charge in [0.2, 0.25) is 5.91 Å². The predicted octanol–water partition coefficient (Wildman–Crippen LogP) is 1.03. The van der Waals surface area contributed by atoms with Crippen molar-refractivity contribution >= 4 is 5.91 Å². The number of likely N-dealkylation sites (tertiary alicyclic amines) is 1. The fourth-order valence-electron chi connectivity index (χ4n) is 4.76. The molecule has 27 heavy (non-hydrogen) atoms. The SMILES string of the molecule is O=C(NCCc1ccccn1)[C@@H]1C[C@H]2CCN(CCN3CCOCC3)C[C@H]21. The van der Waals surface area contributed by atoms with E-state index < -0.39 is 0 Å². The molecular weight excluding hydrogens is 340 g/mol. The van der Waals surface area contributed by atoms with Crippen LogP contribution < -0.4 is 5.32 Å². The van der Waals surface area contributed by atoms with Gasteiger partial charge in [-0.1, -0.05) is 6.07 Å². The molecule has 0 bridgehead atoms. The predicted molar refractivity (Wildman–Crippen MR) is 104 cm³/mol. The van der Waals surface area contributed by atoms with Crippen LogP contribution in [-0.4, -0.2) is 79.7 Å². The molecule has 3 heterocycles. The molecule has 3 aliphatic rings. The van der Waals surface area contributed by atoms with Gasteiger partial charge in [-0.15, -0.1) is 0 Å². The lowest BCUT2D eigenvalue weighted by Crippen LogP contribution is -2.56. The normalized spacial score (nSPS) is 29.0. The quantitative estimate of drug-likeness (QED) is 0.775. The summed E-state index contributed by atoms with van der Waals surface area (Å²) >= 11 is 0. The van der Waals surface area contributed by atoms with Crippen molar-refractivity contribution in [1.29, 1.82) is 0 Å². The maximum Gasteiger partial charge on any atom is 0.223 e. The highest BCUT2D eigenvalue weighted by Gasteiger charge is 2.47. The van der Waals surface area contributed by atoms with Crippen LogP contribution in [0.5, 0.6) is 0 Å². The number of morpholine rings is 1. The average Bonchev–Trinajstić information content (AvgIpc) is 2.69. The van der Waals surface area contributed by atoms with Gasteiger partial charge in [0.1, 0.15) is 0 Å². The van der Waals surface area contributed by atoms with E-state index in [2.05, 4.69) is 20.1 Å². The van der Waals surface area contributed by atoms with Gasteiger partial charge in [-0.25, -0.2) is 0 Å². The number of carbonyl (C=O) groups excluding carboxylic acids is 1. The topological polar surface area (TPSA) is 57.7 Å². The van der Waals surface area contributed by atoms with Gasteiger partial charge in [-0.3, -0.25) is 14.7 Å². The molecule has 1 N–H and O–H groups in total. The number of rotatable bonds is 7. The number of ether oxygens (including phenoxy) is 1.